The smallest absolute Gasteiger partial charge is 0.256 e. The third-order valence-corrected chi connectivity index (χ3v) is 5.66. The van der Waals surface area contributed by atoms with Gasteiger partial charge in [-0.25, -0.2) is 12.8 Å². The lowest BCUT2D eigenvalue weighted by atomic mass is 10.4. The summed E-state index contributed by atoms with van der Waals surface area (Å²) in [7, 11) is -8.40. The van der Waals surface area contributed by atoms with Crippen LogP contribution in [0.1, 0.15) is 0 Å². The van der Waals surface area contributed by atoms with Crippen molar-refractivity contribution < 1.29 is 25.4 Å². The molecule has 0 radical (unpaired) electrons. The van der Waals surface area contributed by atoms with E-state index in [1.165, 1.54) is 0 Å². The topological polar surface area (TPSA) is 77.5 Å². The Hall–Kier alpha value is -1.43. The molecule has 0 N–H and O–H groups in total. The van der Waals surface area contributed by atoms with E-state index in [1.54, 1.807) is 0 Å². The number of sulfone groups is 1. The quantitative estimate of drug-likeness (QED) is 0.449. The maximum absolute atomic E-state index is 12.6. The first-order valence-corrected chi connectivity index (χ1v) is 7.79. The highest BCUT2D eigenvalue weighted by molar-refractivity contribution is 8.06. The summed E-state index contributed by atoms with van der Waals surface area (Å²) in [6, 6.07) is 3.78. The van der Waals surface area contributed by atoms with Crippen LogP contribution >= 0.6 is 0 Å². The van der Waals surface area contributed by atoms with Crippen LogP contribution in [0.2, 0.25) is 0 Å². The summed E-state index contributed by atoms with van der Waals surface area (Å²) in [6.07, 6.45) is 4.80. The first-order valence-electron chi connectivity index (χ1n) is 4.56. The monoisotopic (exact) mass is 292 g/mol. The SMILES string of the molecule is C#CCOS(=O)(=O)CS(=O)(=O)c1ccc(F)cc1. The molecule has 0 aliphatic heterocycles. The summed E-state index contributed by atoms with van der Waals surface area (Å²) in [5, 5.41) is -1.24. The van der Waals surface area contributed by atoms with Crippen molar-refractivity contribution in [1.82, 2.24) is 0 Å². The number of hydrogen-bond donors (Lipinski definition) is 0. The molecule has 0 spiro atoms. The fourth-order valence-electron chi connectivity index (χ4n) is 1.06. The zero-order chi connectivity index (χ0) is 13.8. The normalized spacial score (nSPS) is 12.0. The minimum absolute atomic E-state index is 0.309. The molecule has 0 aliphatic rings. The van der Waals surface area contributed by atoms with E-state index in [4.69, 9.17) is 6.42 Å². The predicted octanol–water partition coefficient (Wildman–Crippen LogP) is 0.537. The summed E-state index contributed by atoms with van der Waals surface area (Å²) >= 11 is 0. The summed E-state index contributed by atoms with van der Waals surface area (Å²) in [5.74, 6) is 1.29. The molecule has 0 bridgehead atoms. The second-order valence-corrected chi connectivity index (χ2v) is 7.21. The highest BCUT2D eigenvalue weighted by Crippen LogP contribution is 2.14. The van der Waals surface area contributed by atoms with Gasteiger partial charge in [-0.3, -0.25) is 4.18 Å². The van der Waals surface area contributed by atoms with Crippen LogP contribution < -0.4 is 0 Å². The van der Waals surface area contributed by atoms with E-state index < -0.39 is 37.5 Å². The molecule has 0 aromatic heterocycles. The average Bonchev–Trinajstić information content (AvgIpc) is 2.25. The van der Waals surface area contributed by atoms with Crippen molar-refractivity contribution in [2.75, 3.05) is 11.7 Å². The first kappa shape index (κ1) is 14.6. The molecule has 0 heterocycles. The summed E-state index contributed by atoms with van der Waals surface area (Å²) in [4.78, 5) is -0.309. The van der Waals surface area contributed by atoms with Crippen molar-refractivity contribution in [3.8, 4) is 12.3 Å². The molecule has 8 heteroatoms. The molecule has 1 rings (SSSR count). The van der Waals surface area contributed by atoms with Gasteiger partial charge in [0.25, 0.3) is 10.1 Å². The minimum atomic E-state index is -4.28. The maximum Gasteiger partial charge on any atom is 0.283 e. The molecule has 0 aliphatic carbocycles. The third-order valence-electron chi connectivity index (χ3n) is 1.79. The Labute approximate surface area is 105 Å². The highest BCUT2D eigenvalue weighted by Gasteiger charge is 2.24. The van der Waals surface area contributed by atoms with Gasteiger partial charge in [0.05, 0.1) is 4.90 Å². The molecule has 0 atom stereocenters. The van der Waals surface area contributed by atoms with Crippen molar-refractivity contribution in [3.63, 3.8) is 0 Å². The number of rotatable bonds is 5. The summed E-state index contributed by atoms with van der Waals surface area (Å²) in [6.45, 7) is -0.540. The third kappa shape index (κ3) is 4.10. The van der Waals surface area contributed by atoms with Gasteiger partial charge >= 0.3 is 0 Å². The first-order chi connectivity index (χ1) is 8.27. The molecule has 0 saturated heterocycles. The molecule has 18 heavy (non-hydrogen) atoms. The maximum atomic E-state index is 12.6. The van der Waals surface area contributed by atoms with Crippen LogP contribution in [-0.4, -0.2) is 28.5 Å². The Bertz CT molecular complexity index is 653. The predicted molar refractivity (Wildman–Crippen MR) is 62.2 cm³/mol. The van der Waals surface area contributed by atoms with Gasteiger partial charge in [-0.05, 0) is 24.3 Å². The van der Waals surface area contributed by atoms with Gasteiger partial charge in [0, 0.05) is 0 Å². The van der Waals surface area contributed by atoms with E-state index in [1.807, 2.05) is 5.92 Å². The van der Waals surface area contributed by atoms with E-state index in [2.05, 4.69) is 4.18 Å². The van der Waals surface area contributed by atoms with Crippen LogP contribution in [0.25, 0.3) is 0 Å². The van der Waals surface area contributed by atoms with E-state index in [0.717, 1.165) is 24.3 Å². The molecule has 0 unspecified atom stereocenters. The lowest BCUT2D eigenvalue weighted by Gasteiger charge is -2.05. The molecule has 0 fully saturated rings. The van der Waals surface area contributed by atoms with E-state index in [0.29, 0.717) is 0 Å². The van der Waals surface area contributed by atoms with Gasteiger partial charge in [0.15, 0.2) is 14.9 Å². The summed E-state index contributed by atoms with van der Waals surface area (Å²) in [5.41, 5.74) is 0. The number of terminal acetylenes is 1. The van der Waals surface area contributed by atoms with Gasteiger partial charge in [-0.15, -0.1) is 6.42 Å². The van der Waals surface area contributed by atoms with Crippen LogP contribution in [-0.2, 0) is 24.1 Å². The van der Waals surface area contributed by atoms with Crippen LogP contribution in [0.4, 0.5) is 4.39 Å². The Morgan fingerprint density at radius 2 is 1.72 bits per heavy atom. The Balaban J connectivity index is 2.96. The van der Waals surface area contributed by atoms with Gasteiger partial charge in [-0.2, -0.15) is 8.42 Å². The minimum Gasteiger partial charge on any atom is -0.256 e. The Morgan fingerprint density at radius 1 is 1.17 bits per heavy atom. The second kappa shape index (κ2) is 5.48. The van der Waals surface area contributed by atoms with Crippen molar-refractivity contribution >= 4 is 20.0 Å². The van der Waals surface area contributed by atoms with E-state index >= 15 is 0 Å². The van der Waals surface area contributed by atoms with Gasteiger partial charge < -0.3 is 0 Å². The number of benzene rings is 1. The molecule has 5 nitrogen and oxygen atoms in total. The zero-order valence-electron chi connectivity index (χ0n) is 9.04. The number of hydrogen-bond acceptors (Lipinski definition) is 5. The van der Waals surface area contributed by atoms with Gasteiger partial charge in [-0.1, -0.05) is 5.92 Å². The lowest BCUT2D eigenvalue weighted by molar-refractivity contribution is 0.366. The standard InChI is InChI=1S/C10H9FO5S2/c1-2-7-16-18(14,15)8-17(12,13)10-5-3-9(11)4-6-10/h1,3-6H,7-8H2. The molecule has 1 aromatic rings. The average molecular weight is 292 g/mol. The lowest BCUT2D eigenvalue weighted by Crippen LogP contribution is -2.19. The van der Waals surface area contributed by atoms with Crippen molar-refractivity contribution in [3.05, 3.63) is 30.1 Å². The largest absolute Gasteiger partial charge is 0.283 e. The fraction of sp³-hybridized carbons (Fsp3) is 0.200. The van der Waals surface area contributed by atoms with Crippen molar-refractivity contribution in [2.24, 2.45) is 0 Å². The Kier molecular flexibility index (Phi) is 4.45. The van der Waals surface area contributed by atoms with Gasteiger partial charge in [0.1, 0.15) is 12.4 Å². The fourth-order valence-corrected chi connectivity index (χ4v) is 4.19. The van der Waals surface area contributed by atoms with Crippen molar-refractivity contribution in [2.45, 2.75) is 4.90 Å². The van der Waals surface area contributed by atoms with Crippen molar-refractivity contribution in [1.29, 1.82) is 0 Å². The van der Waals surface area contributed by atoms with Gasteiger partial charge in [0.2, 0.25) is 0 Å². The Morgan fingerprint density at radius 3 is 2.22 bits per heavy atom. The molecule has 0 saturated carbocycles. The molecule has 1 aromatic carbocycles. The second-order valence-electron chi connectivity index (χ2n) is 3.21. The van der Waals surface area contributed by atoms with E-state index in [9.17, 15) is 21.2 Å². The molecule has 98 valence electrons. The highest BCUT2D eigenvalue weighted by atomic mass is 32.3. The summed E-state index contributed by atoms with van der Waals surface area (Å²) < 4.78 is 62.8. The van der Waals surface area contributed by atoms with Crippen LogP contribution in [0, 0.1) is 18.2 Å². The van der Waals surface area contributed by atoms with Crippen LogP contribution in [0.3, 0.4) is 0 Å². The van der Waals surface area contributed by atoms with E-state index in [-0.39, 0.29) is 4.90 Å². The zero-order valence-corrected chi connectivity index (χ0v) is 10.7. The molecule has 0 amide bonds. The van der Waals surface area contributed by atoms with Crippen LogP contribution in [0.5, 0.6) is 0 Å². The molecular formula is C10H9FO5S2. The number of halogens is 1. The van der Waals surface area contributed by atoms with Crippen LogP contribution in [0.15, 0.2) is 29.2 Å². The molecular weight excluding hydrogens is 283 g/mol.